The standard InChI is InChI=1S/C12H11N3O/c1-9-8-14-7-4-11(9)15-12(16)10-2-5-13-6-3-10/h2-8H,1H3,(H,14,15,16). The third-order valence-electron chi connectivity index (χ3n) is 2.21. The molecule has 0 atom stereocenters. The second-order valence-electron chi connectivity index (χ2n) is 3.38. The van der Waals surface area contributed by atoms with Crippen molar-refractivity contribution in [2.45, 2.75) is 6.92 Å². The summed E-state index contributed by atoms with van der Waals surface area (Å²) < 4.78 is 0. The molecule has 1 N–H and O–H groups in total. The largest absolute Gasteiger partial charge is 0.322 e. The normalized spacial score (nSPS) is 9.81. The van der Waals surface area contributed by atoms with Gasteiger partial charge in [0, 0.05) is 36.0 Å². The quantitative estimate of drug-likeness (QED) is 0.830. The molecule has 0 spiro atoms. The van der Waals surface area contributed by atoms with Crippen LogP contribution in [0.2, 0.25) is 0 Å². The maximum atomic E-state index is 11.8. The van der Waals surface area contributed by atoms with Gasteiger partial charge in [0.15, 0.2) is 0 Å². The number of nitrogens with zero attached hydrogens (tertiary/aromatic N) is 2. The van der Waals surface area contributed by atoms with Crippen molar-refractivity contribution in [3.63, 3.8) is 0 Å². The van der Waals surface area contributed by atoms with Crippen molar-refractivity contribution < 1.29 is 4.79 Å². The third-order valence-corrected chi connectivity index (χ3v) is 2.21. The van der Waals surface area contributed by atoms with E-state index in [-0.39, 0.29) is 5.91 Å². The lowest BCUT2D eigenvalue weighted by Gasteiger charge is -2.06. The zero-order valence-electron chi connectivity index (χ0n) is 8.84. The van der Waals surface area contributed by atoms with Crippen LogP contribution in [0.5, 0.6) is 0 Å². The van der Waals surface area contributed by atoms with Gasteiger partial charge in [0.2, 0.25) is 0 Å². The first-order valence-corrected chi connectivity index (χ1v) is 4.89. The summed E-state index contributed by atoms with van der Waals surface area (Å²) in [6.45, 7) is 1.90. The number of rotatable bonds is 2. The molecular weight excluding hydrogens is 202 g/mol. The predicted octanol–water partition coefficient (Wildman–Crippen LogP) is 2.04. The Balaban J connectivity index is 2.18. The van der Waals surface area contributed by atoms with Crippen molar-refractivity contribution in [2.75, 3.05) is 5.32 Å². The highest BCUT2D eigenvalue weighted by molar-refractivity contribution is 6.04. The smallest absolute Gasteiger partial charge is 0.255 e. The lowest BCUT2D eigenvalue weighted by Crippen LogP contribution is -2.12. The second-order valence-corrected chi connectivity index (χ2v) is 3.38. The highest BCUT2D eigenvalue weighted by atomic mass is 16.1. The van der Waals surface area contributed by atoms with Gasteiger partial charge >= 0.3 is 0 Å². The Kier molecular flexibility index (Phi) is 2.91. The Morgan fingerprint density at radius 1 is 1.12 bits per heavy atom. The van der Waals surface area contributed by atoms with Gasteiger partial charge < -0.3 is 5.32 Å². The molecule has 0 aliphatic carbocycles. The highest BCUT2D eigenvalue weighted by Gasteiger charge is 2.06. The topological polar surface area (TPSA) is 54.9 Å². The van der Waals surface area contributed by atoms with Crippen LogP contribution in [-0.2, 0) is 0 Å². The number of hydrogen-bond acceptors (Lipinski definition) is 3. The highest BCUT2D eigenvalue weighted by Crippen LogP contribution is 2.12. The minimum absolute atomic E-state index is 0.142. The van der Waals surface area contributed by atoms with Crippen LogP contribution >= 0.6 is 0 Å². The molecule has 1 amide bonds. The summed E-state index contributed by atoms with van der Waals surface area (Å²) in [6, 6.07) is 5.12. The summed E-state index contributed by atoms with van der Waals surface area (Å²) in [5, 5.41) is 2.82. The maximum absolute atomic E-state index is 11.8. The molecule has 2 aromatic heterocycles. The first kappa shape index (κ1) is 10.3. The van der Waals surface area contributed by atoms with Crippen molar-refractivity contribution in [1.82, 2.24) is 9.97 Å². The fourth-order valence-corrected chi connectivity index (χ4v) is 1.31. The van der Waals surface area contributed by atoms with Gasteiger partial charge in [-0.05, 0) is 30.7 Å². The number of carbonyl (C=O) groups is 1. The first-order valence-electron chi connectivity index (χ1n) is 4.89. The number of hydrogen-bond donors (Lipinski definition) is 1. The van der Waals surface area contributed by atoms with E-state index in [0.29, 0.717) is 5.56 Å². The average Bonchev–Trinajstić information content (AvgIpc) is 2.33. The van der Waals surface area contributed by atoms with E-state index in [1.807, 2.05) is 6.92 Å². The van der Waals surface area contributed by atoms with E-state index in [4.69, 9.17) is 0 Å². The first-order chi connectivity index (χ1) is 7.77. The van der Waals surface area contributed by atoms with Crippen LogP contribution in [0, 0.1) is 6.92 Å². The monoisotopic (exact) mass is 213 g/mol. The second kappa shape index (κ2) is 4.53. The molecule has 2 aromatic rings. The zero-order valence-corrected chi connectivity index (χ0v) is 8.84. The van der Waals surface area contributed by atoms with Crippen LogP contribution in [0.25, 0.3) is 0 Å². The summed E-state index contributed by atoms with van der Waals surface area (Å²) in [7, 11) is 0. The van der Waals surface area contributed by atoms with Gasteiger partial charge in [-0.15, -0.1) is 0 Å². The van der Waals surface area contributed by atoms with Crippen LogP contribution in [0.1, 0.15) is 15.9 Å². The molecule has 4 nitrogen and oxygen atoms in total. The van der Waals surface area contributed by atoms with Crippen LogP contribution < -0.4 is 5.32 Å². The summed E-state index contributed by atoms with van der Waals surface area (Å²) in [5.74, 6) is -0.142. The van der Waals surface area contributed by atoms with Gasteiger partial charge in [-0.2, -0.15) is 0 Å². The maximum Gasteiger partial charge on any atom is 0.255 e. The number of nitrogens with one attached hydrogen (secondary N) is 1. The molecule has 0 saturated heterocycles. The number of anilines is 1. The van der Waals surface area contributed by atoms with E-state index in [2.05, 4.69) is 15.3 Å². The SMILES string of the molecule is Cc1cnccc1NC(=O)c1ccncc1. The Morgan fingerprint density at radius 3 is 2.50 bits per heavy atom. The molecule has 4 heteroatoms. The van der Waals surface area contributed by atoms with Gasteiger partial charge in [-0.3, -0.25) is 14.8 Å². The van der Waals surface area contributed by atoms with Gasteiger partial charge in [-0.25, -0.2) is 0 Å². The molecule has 80 valence electrons. The molecular formula is C12H11N3O. The molecule has 0 fully saturated rings. The van der Waals surface area contributed by atoms with Gasteiger partial charge in [0.25, 0.3) is 5.91 Å². The molecule has 2 heterocycles. The molecule has 0 aromatic carbocycles. The molecule has 2 rings (SSSR count). The fraction of sp³-hybridized carbons (Fsp3) is 0.0833. The molecule has 0 bridgehead atoms. The van der Waals surface area contributed by atoms with Crippen LogP contribution in [-0.4, -0.2) is 15.9 Å². The minimum atomic E-state index is -0.142. The van der Waals surface area contributed by atoms with Gasteiger partial charge in [0.1, 0.15) is 0 Å². The number of aromatic nitrogens is 2. The molecule has 16 heavy (non-hydrogen) atoms. The summed E-state index contributed by atoms with van der Waals surface area (Å²) in [6.07, 6.45) is 6.54. The predicted molar refractivity (Wildman–Crippen MR) is 61.2 cm³/mol. The summed E-state index contributed by atoms with van der Waals surface area (Å²) in [5.41, 5.74) is 2.30. The molecule has 0 aliphatic rings. The van der Waals surface area contributed by atoms with Crippen molar-refractivity contribution in [3.05, 3.63) is 54.1 Å². The van der Waals surface area contributed by atoms with E-state index in [1.54, 1.807) is 43.0 Å². The number of carbonyl (C=O) groups excluding carboxylic acids is 1. The van der Waals surface area contributed by atoms with E-state index < -0.39 is 0 Å². The zero-order chi connectivity index (χ0) is 11.4. The van der Waals surface area contributed by atoms with E-state index >= 15 is 0 Å². The number of aryl methyl sites for hydroxylation is 1. The third kappa shape index (κ3) is 2.23. The Bertz CT molecular complexity index is 497. The van der Waals surface area contributed by atoms with Gasteiger partial charge in [0.05, 0.1) is 0 Å². The molecule has 0 unspecified atom stereocenters. The van der Waals surface area contributed by atoms with Crippen molar-refractivity contribution >= 4 is 11.6 Å². The summed E-state index contributed by atoms with van der Waals surface area (Å²) >= 11 is 0. The van der Waals surface area contributed by atoms with E-state index in [1.165, 1.54) is 0 Å². The van der Waals surface area contributed by atoms with Crippen molar-refractivity contribution in [1.29, 1.82) is 0 Å². The number of pyridine rings is 2. The lowest BCUT2D eigenvalue weighted by molar-refractivity contribution is 0.102. The van der Waals surface area contributed by atoms with Crippen molar-refractivity contribution in [3.8, 4) is 0 Å². The Labute approximate surface area is 93.4 Å². The van der Waals surface area contributed by atoms with Gasteiger partial charge in [-0.1, -0.05) is 0 Å². The van der Waals surface area contributed by atoms with Crippen LogP contribution in [0.15, 0.2) is 43.0 Å². The van der Waals surface area contributed by atoms with E-state index in [0.717, 1.165) is 11.3 Å². The Hall–Kier alpha value is -2.23. The summed E-state index contributed by atoms with van der Waals surface area (Å²) in [4.78, 5) is 19.6. The molecule has 0 aliphatic heterocycles. The number of amides is 1. The molecule has 0 saturated carbocycles. The lowest BCUT2D eigenvalue weighted by atomic mass is 10.2. The average molecular weight is 213 g/mol. The minimum Gasteiger partial charge on any atom is -0.322 e. The van der Waals surface area contributed by atoms with Crippen molar-refractivity contribution in [2.24, 2.45) is 0 Å². The fourth-order valence-electron chi connectivity index (χ4n) is 1.31. The van der Waals surface area contributed by atoms with Crippen LogP contribution in [0.4, 0.5) is 5.69 Å². The van der Waals surface area contributed by atoms with E-state index in [9.17, 15) is 4.79 Å². The van der Waals surface area contributed by atoms with Crippen LogP contribution in [0.3, 0.4) is 0 Å². The Morgan fingerprint density at radius 2 is 1.81 bits per heavy atom. The molecule has 0 radical (unpaired) electrons.